The number of carboxylic acids is 1. The van der Waals surface area contributed by atoms with Gasteiger partial charge in [0.05, 0.1) is 17.4 Å². The summed E-state index contributed by atoms with van der Waals surface area (Å²) in [6, 6.07) is 17.2. The summed E-state index contributed by atoms with van der Waals surface area (Å²) in [6.07, 6.45) is 7.86. The van der Waals surface area contributed by atoms with Crippen LogP contribution < -0.4 is 10.2 Å². The minimum absolute atomic E-state index is 0.262. The third-order valence-electron chi connectivity index (χ3n) is 6.64. The van der Waals surface area contributed by atoms with Crippen molar-refractivity contribution in [3.8, 4) is 0 Å². The maximum absolute atomic E-state index is 11.4. The lowest BCUT2D eigenvalue weighted by Crippen LogP contribution is -2.13. The third kappa shape index (κ3) is 4.00. The fourth-order valence-corrected chi connectivity index (χ4v) is 4.60. The van der Waals surface area contributed by atoms with Crippen molar-refractivity contribution >= 4 is 23.0 Å². The van der Waals surface area contributed by atoms with Gasteiger partial charge in [-0.2, -0.15) is 0 Å². The summed E-state index contributed by atoms with van der Waals surface area (Å²) >= 11 is 0. The average molecular weight is 414 g/mol. The fourth-order valence-electron chi connectivity index (χ4n) is 4.60. The van der Waals surface area contributed by atoms with E-state index < -0.39 is 5.97 Å². The first-order chi connectivity index (χ1) is 15.1. The average Bonchev–Trinajstić information content (AvgIpc) is 3.57. The minimum Gasteiger partial charge on any atom is -0.478 e. The van der Waals surface area contributed by atoms with Crippen LogP contribution in [0.25, 0.3) is 0 Å². The molecule has 0 aliphatic heterocycles. The highest BCUT2D eigenvalue weighted by atomic mass is 16.4. The minimum atomic E-state index is -0.936. The summed E-state index contributed by atoms with van der Waals surface area (Å²) in [5.41, 5.74) is 7.45. The number of hydrogen-bond donors (Lipinski definition) is 2. The van der Waals surface area contributed by atoms with Gasteiger partial charge in [-0.1, -0.05) is 18.2 Å². The monoisotopic (exact) mass is 413 g/mol. The number of nitrogens with zero attached hydrogens (tertiary/aromatic N) is 2. The van der Waals surface area contributed by atoms with Gasteiger partial charge in [-0.25, -0.2) is 4.79 Å². The molecule has 158 valence electrons. The molecule has 1 heterocycles. The van der Waals surface area contributed by atoms with Crippen LogP contribution >= 0.6 is 0 Å². The lowest BCUT2D eigenvalue weighted by molar-refractivity contribution is 0.0698. The van der Waals surface area contributed by atoms with Crippen LogP contribution in [-0.4, -0.2) is 29.7 Å². The second-order valence-corrected chi connectivity index (χ2v) is 8.65. The number of nitrogens with one attached hydrogen (secondary N) is 1. The lowest BCUT2D eigenvalue weighted by atomic mass is 10.0. The number of carbonyl (C=O) groups is 1. The zero-order valence-electron chi connectivity index (χ0n) is 17.7. The highest BCUT2D eigenvalue weighted by Gasteiger charge is 2.25. The smallest absolute Gasteiger partial charge is 0.337 e. The molecule has 0 unspecified atom stereocenters. The van der Waals surface area contributed by atoms with E-state index in [0.29, 0.717) is 18.2 Å². The molecule has 1 aromatic heterocycles. The lowest BCUT2D eigenvalue weighted by Gasteiger charge is -2.21. The van der Waals surface area contributed by atoms with Crippen molar-refractivity contribution < 1.29 is 9.90 Å². The number of aromatic carboxylic acids is 1. The van der Waals surface area contributed by atoms with Crippen LogP contribution in [-0.2, 0) is 6.42 Å². The number of fused-ring (bicyclic) bond motifs is 1. The summed E-state index contributed by atoms with van der Waals surface area (Å²) < 4.78 is 0. The predicted molar refractivity (Wildman–Crippen MR) is 124 cm³/mol. The normalized spacial score (nSPS) is 17.3. The summed E-state index contributed by atoms with van der Waals surface area (Å²) in [5.74, 6) is 0.215. The number of anilines is 3. The highest BCUT2D eigenvalue weighted by Crippen LogP contribution is 2.41. The Morgan fingerprint density at radius 1 is 1.10 bits per heavy atom. The number of benzene rings is 2. The molecule has 0 spiro atoms. The van der Waals surface area contributed by atoms with E-state index in [0.717, 1.165) is 18.8 Å². The quantitative estimate of drug-likeness (QED) is 0.530. The largest absolute Gasteiger partial charge is 0.478 e. The van der Waals surface area contributed by atoms with Crippen LogP contribution in [0.5, 0.6) is 0 Å². The van der Waals surface area contributed by atoms with Gasteiger partial charge in [-0.3, -0.25) is 4.98 Å². The maximum atomic E-state index is 11.4. The molecule has 0 bridgehead atoms. The van der Waals surface area contributed by atoms with Gasteiger partial charge in [0, 0.05) is 37.1 Å². The van der Waals surface area contributed by atoms with Gasteiger partial charge in [-0.05, 0) is 78.6 Å². The number of aryl methyl sites for hydroxylation is 1. The van der Waals surface area contributed by atoms with E-state index >= 15 is 0 Å². The molecule has 2 aromatic carbocycles. The summed E-state index contributed by atoms with van der Waals surface area (Å²) in [5, 5.41) is 12.7. The molecule has 1 saturated carbocycles. The van der Waals surface area contributed by atoms with Gasteiger partial charge in [0.1, 0.15) is 0 Å². The first kappa shape index (κ1) is 19.6. The Kier molecular flexibility index (Phi) is 5.10. The second kappa shape index (κ2) is 8.06. The molecule has 2 N–H and O–H groups in total. The van der Waals surface area contributed by atoms with Gasteiger partial charge in [-0.15, -0.1) is 0 Å². The first-order valence-corrected chi connectivity index (χ1v) is 11.0. The van der Waals surface area contributed by atoms with E-state index in [4.69, 9.17) is 0 Å². The van der Waals surface area contributed by atoms with Crippen molar-refractivity contribution in [1.29, 1.82) is 0 Å². The SMILES string of the molecule is CN(c1ccc(C2CC2)cc1)c1ccc2c(c1)CC[C@H]2CNc1cnccc1C(=O)O. The summed E-state index contributed by atoms with van der Waals surface area (Å²) in [7, 11) is 2.12. The molecule has 2 aliphatic rings. The molecule has 0 amide bonds. The van der Waals surface area contributed by atoms with Crippen LogP contribution in [0, 0.1) is 0 Å². The first-order valence-electron chi connectivity index (χ1n) is 11.0. The molecule has 0 saturated heterocycles. The molecule has 31 heavy (non-hydrogen) atoms. The highest BCUT2D eigenvalue weighted by molar-refractivity contribution is 5.93. The Bertz CT molecular complexity index is 1110. The van der Waals surface area contributed by atoms with Crippen molar-refractivity contribution in [2.75, 3.05) is 23.8 Å². The number of aromatic nitrogens is 1. The zero-order valence-corrected chi connectivity index (χ0v) is 17.7. The molecule has 5 heteroatoms. The molecule has 2 aliphatic carbocycles. The Morgan fingerprint density at radius 2 is 1.87 bits per heavy atom. The van der Waals surface area contributed by atoms with E-state index in [1.54, 1.807) is 6.20 Å². The number of pyridine rings is 1. The van der Waals surface area contributed by atoms with Crippen molar-refractivity contribution in [2.45, 2.75) is 37.5 Å². The van der Waals surface area contributed by atoms with E-state index in [-0.39, 0.29) is 5.56 Å². The number of hydrogen-bond acceptors (Lipinski definition) is 4. The molecule has 1 fully saturated rings. The van der Waals surface area contributed by atoms with E-state index in [1.165, 1.54) is 53.2 Å². The molecule has 5 rings (SSSR count). The summed E-state index contributed by atoms with van der Waals surface area (Å²) in [4.78, 5) is 17.7. The van der Waals surface area contributed by atoms with E-state index in [1.807, 2.05) is 0 Å². The molecular weight excluding hydrogens is 386 g/mol. The number of carboxylic acid groups (broad SMARTS) is 1. The summed E-state index contributed by atoms with van der Waals surface area (Å²) in [6.45, 7) is 0.705. The van der Waals surface area contributed by atoms with Crippen LogP contribution in [0.15, 0.2) is 60.9 Å². The van der Waals surface area contributed by atoms with Gasteiger partial charge in [0.15, 0.2) is 0 Å². The Labute approximate surface area is 182 Å². The fraction of sp³-hybridized carbons (Fsp3) is 0.308. The van der Waals surface area contributed by atoms with Crippen LogP contribution in [0.3, 0.4) is 0 Å². The third-order valence-corrected chi connectivity index (χ3v) is 6.64. The van der Waals surface area contributed by atoms with Crippen molar-refractivity contribution in [3.63, 3.8) is 0 Å². The molecule has 0 radical (unpaired) electrons. The van der Waals surface area contributed by atoms with Gasteiger partial charge >= 0.3 is 5.97 Å². The van der Waals surface area contributed by atoms with Crippen molar-refractivity contribution in [2.24, 2.45) is 0 Å². The van der Waals surface area contributed by atoms with Crippen molar-refractivity contribution in [1.82, 2.24) is 4.98 Å². The Balaban J connectivity index is 1.29. The number of rotatable bonds is 7. The van der Waals surface area contributed by atoms with E-state index in [9.17, 15) is 9.90 Å². The zero-order chi connectivity index (χ0) is 21.4. The molecule has 5 nitrogen and oxygen atoms in total. The standard InChI is InChI=1S/C26H27N3O2/c1-29(21-8-6-18(7-9-21)17-2-3-17)22-10-11-23-19(14-22)4-5-20(23)15-28-25-16-27-13-12-24(25)26(30)31/h6-14,16-17,20,28H,2-5,15H2,1H3,(H,30,31)/t20-/m0/s1. The second-order valence-electron chi connectivity index (χ2n) is 8.65. The Hall–Kier alpha value is -3.34. The van der Waals surface area contributed by atoms with Gasteiger partial charge in [0.25, 0.3) is 0 Å². The van der Waals surface area contributed by atoms with Crippen molar-refractivity contribution in [3.05, 3.63) is 83.2 Å². The predicted octanol–water partition coefficient (Wildman–Crippen LogP) is 5.57. The molecule has 1 atom stereocenters. The molecular formula is C26H27N3O2. The van der Waals surface area contributed by atoms with Crippen LogP contribution in [0.1, 0.15) is 58.1 Å². The van der Waals surface area contributed by atoms with Crippen LogP contribution in [0.2, 0.25) is 0 Å². The maximum Gasteiger partial charge on any atom is 0.337 e. The van der Waals surface area contributed by atoms with Crippen LogP contribution in [0.4, 0.5) is 17.1 Å². The topological polar surface area (TPSA) is 65.5 Å². The van der Waals surface area contributed by atoms with Gasteiger partial charge in [0.2, 0.25) is 0 Å². The van der Waals surface area contributed by atoms with E-state index in [2.05, 4.69) is 64.7 Å². The van der Waals surface area contributed by atoms with Gasteiger partial charge < -0.3 is 15.3 Å². The molecule has 3 aromatic rings. The Morgan fingerprint density at radius 3 is 2.61 bits per heavy atom.